The van der Waals surface area contributed by atoms with Crippen molar-refractivity contribution in [2.75, 3.05) is 17.2 Å². The molecule has 1 aromatic carbocycles. The topological polar surface area (TPSA) is 42.1 Å². The highest BCUT2D eigenvalue weighted by Gasteiger charge is 2.11. The smallest absolute Gasteiger partial charge is 0.131 e. The van der Waals surface area contributed by atoms with E-state index in [-0.39, 0.29) is 0 Å². The maximum Gasteiger partial charge on any atom is 0.131 e. The van der Waals surface area contributed by atoms with Crippen molar-refractivity contribution >= 4 is 11.5 Å². The van der Waals surface area contributed by atoms with Crippen LogP contribution in [0.2, 0.25) is 0 Å². The van der Waals surface area contributed by atoms with Gasteiger partial charge in [0.1, 0.15) is 5.82 Å². The Bertz CT molecular complexity index is 537. The summed E-state index contributed by atoms with van der Waals surface area (Å²) in [6.45, 7) is 6.06. The third kappa shape index (κ3) is 3.25. The quantitative estimate of drug-likeness (QED) is 0.833. The Morgan fingerprint density at radius 3 is 2.63 bits per heavy atom. The molecule has 0 aliphatic rings. The van der Waals surface area contributed by atoms with Gasteiger partial charge in [0.15, 0.2) is 0 Å². The molecular formula is C16H21N3. The second-order valence-electron chi connectivity index (χ2n) is 4.76. The second-order valence-corrected chi connectivity index (χ2v) is 4.76. The normalized spacial score (nSPS) is 10.4. The highest BCUT2D eigenvalue weighted by atomic mass is 15.2. The van der Waals surface area contributed by atoms with Gasteiger partial charge in [-0.1, -0.05) is 31.2 Å². The number of aromatic nitrogens is 1. The van der Waals surface area contributed by atoms with Gasteiger partial charge in [0.25, 0.3) is 0 Å². The molecule has 0 aliphatic heterocycles. The van der Waals surface area contributed by atoms with Crippen LogP contribution in [0.1, 0.15) is 24.5 Å². The summed E-state index contributed by atoms with van der Waals surface area (Å²) in [6, 6.07) is 12.1. The van der Waals surface area contributed by atoms with E-state index in [9.17, 15) is 0 Å². The summed E-state index contributed by atoms with van der Waals surface area (Å²) in [5.41, 5.74) is 9.23. The van der Waals surface area contributed by atoms with Gasteiger partial charge in [0.2, 0.25) is 0 Å². The molecule has 0 spiro atoms. The van der Waals surface area contributed by atoms with Gasteiger partial charge in [-0.05, 0) is 36.6 Å². The molecule has 2 N–H and O–H groups in total. The second kappa shape index (κ2) is 6.23. The van der Waals surface area contributed by atoms with E-state index in [0.29, 0.717) is 0 Å². The molecule has 0 radical (unpaired) electrons. The molecule has 0 unspecified atom stereocenters. The molecule has 3 nitrogen and oxygen atoms in total. The number of nitrogen functional groups attached to an aromatic ring is 1. The first kappa shape index (κ1) is 13.4. The lowest BCUT2D eigenvalue weighted by Crippen LogP contribution is -2.25. The Hall–Kier alpha value is -2.03. The minimum atomic E-state index is 0.804. The maximum absolute atomic E-state index is 6.03. The molecule has 1 aromatic heterocycles. The van der Waals surface area contributed by atoms with Crippen molar-refractivity contribution in [2.24, 2.45) is 0 Å². The summed E-state index contributed by atoms with van der Waals surface area (Å²) in [4.78, 5) is 6.80. The first-order valence-electron chi connectivity index (χ1n) is 6.72. The zero-order valence-corrected chi connectivity index (χ0v) is 11.6. The summed E-state index contributed by atoms with van der Waals surface area (Å²) in [5.74, 6) is 1.05. The van der Waals surface area contributed by atoms with Gasteiger partial charge in [-0.3, -0.25) is 0 Å². The number of nitrogens with two attached hydrogens (primary N) is 1. The van der Waals surface area contributed by atoms with Crippen LogP contribution in [0.4, 0.5) is 11.5 Å². The first-order valence-corrected chi connectivity index (χ1v) is 6.72. The molecule has 1 heterocycles. The number of nitrogens with zero attached hydrogens (tertiary/aromatic N) is 2. The summed E-state index contributed by atoms with van der Waals surface area (Å²) in [7, 11) is 0. The lowest BCUT2D eigenvalue weighted by molar-refractivity contribution is 0.752. The van der Waals surface area contributed by atoms with E-state index >= 15 is 0 Å². The molecule has 0 atom stereocenters. The molecule has 19 heavy (non-hydrogen) atoms. The van der Waals surface area contributed by atoms with Gasteiger partial charge in [-0.15, -0.1) is 0 Å². The van der Waals surface area contributed by atoms with Crippen molar-refractivity contribution in [2.45, 2.75) is 26.8 Å². The molecule has 0 saturated carbocycles. The van der Waals surface area contributed by atoms with E-state index in [1.807, 2.05) is 30.5 Å². The van der Waals surface area contributed by atoms with Gasteiger partial charge in [0.05, 0.1) is 0 Å². The number of benzene rings is 1. The molecule has 2 aromatic rings. The number of hydrogen-bond donors (Lipinski definition) is 1. The Morgan fingerprint density at radius 2 is 1.95 bits per heavy atom. The fourth-order valence-corrected chi connectivity index (χ4v) is 2.22. The average molecular weight is 255 g/mol. The van der Waals surface area contributed by atoms with Crippen LogP contribution in [-0.2, 0) is 6.54 Å². The van der Waals surface area contributed by atoms with Crippen LogP contribution >= 0.6 is 0 Å². The third-order valence-corrected chi connectivity index (χ3v) is 3.19. The SMILES string of the molecule is CCCN(Cc1ccccc1N)c1ncccc1C. The van der Waals surface area contributed by atoms with Gasteiger partial charge < -0.3 is 10.6 Å². The molecule has 3 heteroatoms. The molecule has 2 rings (SSSR count). The van der Waals surface area contributed by atoms with Crippen LogP contribution in [0.25, 0.3) is 0 Å². The van der Waals surface area contributed by atoms with Crippen LogP contribution in [0.3, 0.4) is 0 Å². The van der Waals surface area contributed by atoms with Crippen molar-refractivity contribution < 1.29 is 0 Å². The van der Waals surface area contributed by atoms with Gasteiger partial charge in [-0.2, -0.15) is 0 Å². The van der Waals surface area contributed by atoms with Gasteiger partial charge in [-0.25, -0.2) is 4.98 Å². The highest BCUT2D eigenvalue weighted by molar-refractivity contribution is 5.51. The van der Waals surface area contributed by atoms with Gasteiger partial charge >= 0.3 is 0 Å². The van der Waals surface area contributed by atoms with Gasteiger partial charge in [0, 0.05) is 25.0 Å². The number of anilines is 2. The molecule has 0 saturated heterocycles. The molecule has 0 amide bonds. The van der Waals surface area contributed by atoms with Crippen molar-refractivity contribution in [3.8, 4) is 0 Å². The van der Waals surface area contributed by atoms with Crippen molar-refractivity contribution in [1.82, 2.24) is 4.98 Å². The number of pyridine rings is 1. The van der Waals surface area contributed by atoms with E-state index < -0.39 is 0 Å². The number of rotatable bonds is 5. The molecular weight excluding hydrogens is 234 g/mol. The van der Waals surface area contributed by atoms with E-state index in [2.05, 4.69) is 35.9 Å². The van der Waals surface area contributed by atoms with Crippen LogP contribution in [0, 0.1) is 6.92 Å². The third-order valence-electron chi connectivity index (χ3n) is 3.19. The lowest BCUT2D eigenvalue weighted by atomic mass is 10.1. The van der Waals surface area contributed by atoms with Crippen molar-refractivity contribution in [3.05, 3.63) is 53.7 Å². The highest BCUT2D eigenvalue weighted by Crippen LogP contribution is 2.21. The van der Waals surface area contributed by atoms with Crippen LogP contribution in [0.15, 0.2) is 42.6 Å². The van der Waals surface area contributed by atoms with E-state index in [4.69, 9.17) is 5.73 Å². The van der Waals surface area contributed by atoms with E-state index in [1.165, 1.54) is 5.56 Å². The van der Waals surface area contributed by atoms with E-state index in [1.54, 1.807) is 0 Å². The van der Waals surface area contributed by atoms with Crippen LogP contribution in [0.5, 0.6) is 0 Å². The summed E-state index contributed by atoms with van der Waals surface area (Å²) >= 11 is 0. The maximum atomic E-state index is 6.03. The standard InChI is InChI=1S/C16H21N3/c1-3-11-19(16-13(2)7-6-10-18-16)12-14-8-4-5-9-15(14)17/h4-10H,3,11-12,17H2,1-2H3. The van der Waals surface area contributed by atoms with Crippen molar-refractivity contribution in [1.29, 1.82) is 0 Å². The zero-order valence-electron chi connectivity index (χ0n) is 11.6. The fourth-order valence-electron chi connectivity index (χ4n) is 2.22. The monoisotopic (exact) mass is 255 g/mol. The molecule has 0 bridgehead atoms. The largest absolute Gasteiger partial charge is 0.398 e. The minimum Gasteiger partial charge on any atom is -0.398 e. The first-order chi connectivity index (χ1) is 9.22. The predicted molar refractivity (Wildman–Crippen MR) is 81.2 cm³/mol. The summed E-state index contributed by atoms with van der Waals surface area (Å²) in [6.07, 6.45) is 2.93. The predicted octanol–water partition coefficient (Wildman–Crippen LogP) is 3.39. The zero-order chi connectivity index (χ0) is 13.7. The van der Waals surface area contributed by atoms with E-state index in [0.717, 1.165) is 36.6 Å². The molecule has 0 fully saturated rings. The lowest BCUT2D eigenvalue weighted by Gasteiger charge is -2.25. The summed E-state index contributed by atoms with van der Waals surface area (Å²) < 4.78 is 0. The Kier molecular flexibility index (Phi) is 4.39. The molecule has 100 valence electrons. The number of hydrogen-bond acceptors (Lipinski definition) is 3. The minimum absolute atomic E-state index is 0.804. The number of para-hydroxylation sites is 1. The number of aryl methyl sites for hydroxylation is 1. The van der Waals surface area contributed by atoms with Crippen LogP contribution in [-0.4, -0.2) is 11.5 Å². The molecule has 0 aliphatic carbocycles. The Morgan fingerprint density at radius 1 is 1.16 bits per heavy atom. The average Bonchev–Trinajstić information content (AvgIpc) is 2.41. The fraction of sp³-hybridized carbons (Fsp3) is 0.312. The van der Waals surface area contributed by atoms with Crippen molar-refractivity contribution in [3.63, 3.8) is 0 Å². The summed E-state index contributed by atoms with van der Waals surface area (Å²) in [5, 5.41) is 0. The Labute approximate surface area is 115 Å². The Balaban J connectivity index is 2.27. The van der Waals surface area contributed by atoms with Crippen LogP contribution < -0.4 is 10.6 Å².